The molecule has 0 bridgehead atoms. The molecule has 0 unspecified atom stereocenters. The number of H-pyrrole nitrogens is 1. The van der Waals surface area contributed by atoms with Gasteiger partial charge in [-0.3, -0.25) is 4.79 Å². The van der Waals surface area contributed by atoms with Crippen LogP contribution in [0.1, 0.15) is 19.3 Å². The van der Waals surface area contributed by atoms with Crippen molar-refractivity contribution >= 4 is 28.2 Å². The second-order valence-electron chi connectivity index (χ2n) is 5.36. The van der Waals surface area contributed by atoms with Gasteiger partial charge in [0.25, 0.3) is 0 Å². The van der Waals surface area contributed by atoms with Gasteiger partial charge in [0.05, 0.1) is 5.52 Å². The minimum atomic E-state index is -0.0960. The summed E-state index contributed by atoms with van der Waals surface area (Å²) in [5, 5.41) is 1.70. The lowest BCUT2D eigenvalue weighted by molar-refractivity contribution is 0.712. The van der Waals surface area contributed by atoms with E-state index in [2.05, 4.69) is 16.9 Å². The number of benzene rings is 1. The molecule has 0 aliphatic heterocycles. The number of halogens is 1. The van der Waals surface area contributed by atoms with E-state index in [1.165, 1.54) is 19.3 Å². The number of hydrogen-bond donors (Lipinski definition) is 1. The zero-order valence-corrected chi connectivity index (χ0v) is 11.7. The van der Waals surface area contributed by atoms with Crippen LogP contribution in [0.15, 0.2) is 29.1 Å². The third-order valence-corrected chi connectivity index (χ3v) is 3.98. The molecule has 0 atom stereocenters. The highest BCUT2D eigenvalue weighted by molar-refractivity contribution is 6.31. The summed E-state index contributed by atoms with van der Waals surface area (Å²) >= 11 is 6.15. The van der Waals surface area contributed by atoms with Crippen molar-refractivity contribution in [3.8, 4) is 0 Å². The van der Waals surface area contributed by atoms with Gasteiger partial charge in [-0.1, -0.05) is 24.4 Å². The Balaban J connectivity index is 1.98. The fourth-order valence-corrected chi connectivity index (χ4v) is 2.65. The summed E-state index contributed by atoms with van der Waals surface area (Å²) in [4.78, 5) is 16.5. The van der Waals surface area contributed by atoms with Crippen molar-refractivity contribution in [2.24, 2.45) is 5.92 Å². The topological polar surface area (TPSA) is 36.1 Å². The van der Waals surface area contributed by atoms with E-state index in [9.17, 15) is 4.79 Å². The van der Waals surface area contributed by atoms with Crippen molar-refractivity contribution in [1.82, 2.24) is 4.98 Å². The SMILES string of the molecule is CN(CCC1CC1)c1cc(Cl)cc2[nH]c(=O)ccc12. The monoisotopic (exact) mass is 276 g/mol. The van der Waals surface area contributed by atoms with Gasteiger partial charge >= 0.3 is 0 Å². The first-order chi connectivity index (χ1) is 9.13. The molecular formula is C15H17ClN2O. The molecule has 1 aromatic carbocycles. The van der Waals surface area contributed by atoms with Crippen LogP contribution >= 0.6 is 11.6 Å². The Morgan fingerprint density at radius 1 is 1.37 bits per heavy atom. The number of rotatable bonds is 4. The van der Waals surface area contributed by atoms with Crippen molar-refractivity contribution in [2.45, 2.75) is 19.3 Å². The van der Waals surface area contributed by atoms with E-state index in [1.54, 1.807) is 12.1 Å². The van der Waals surface area contributed by atoms with Crippen LogP contribution in [0.2, 0.25) is 5.02 Å². The number of nitrogens with one attached hydrogen (secondary N) is 1. The molecule has 100 valence electrons. The van der Waals surface area contributed by atoms with Crippen molar-refractivity contribution < 1.29 is 0 Å². The Hall–Kier alpha value is -1.48. The molecule has 1 aliphatic rings. The summed E-state index contributed by atoms with van der Waals surface area (Å²) in [7, 11) is 2.08. The fraction of sp³-hybridized carbons (Fsp3) is 0.400. The van der Waals surface area contributed by atoms with Gasteiger partial charge < -0.3 is 9.88 Å². The van der Waals surface area contributed by atoms with Gasteiger partial charge in [0.1, 0.15) is 0 Å². The molecule has 1 aromatic heterocycles. The maximum Gasteiger partial charge on any atom is 0.248 e. The molecule has 2 aromatic rings. The van der Waals surface area contributed by atoms with Crippen LogP contribution < -0.4 is 10.5 Å². The first-order valence-electron chi connectivity index (χ1n) is 6.67. The van der Waals surface area contributed by atoms with Gasteiger partial charge in [-0.05, 0) is 30.5 Å². The van der Waals surface area contributed by atoms with E-state index in [4.69, 9.17) is 11.6 Å². The number of pyridine rings is 1. The number of anilines is 1. The molecule has 3 nitrogen and oxygen atoms in total. The van der Waals surface area contributed by atoms with Gasteiger partial charge in [-0.15, -0.1) is 0 Å². The molecule has 0 spiro atoms. The van der Waals surface area contributed by atoms with E-state index in [-0.39, 0.29) is 5.56 Å². The van der Waals surface area contributed by atoms with Crippen LogP contribution in [0.3, 0.4) is 0 Å². The fourth-order valence-electron chi connectivity index (χ4n) is 2.43. The van der Waals surface area contributed by atoms with Crippen LogP contribution in [0.5, 0.6) is 0 Å². The van der Waals surface area contributed by atoms with Crippen molar-refractivity contribution in [3.05, 3.63) is 39.6 Å². The highest BCUT2D eigenvalue weighted by atomic mass is 35.5. The molecule has 1 heterocycles. The summed E-state index contributed by atoms with van der Waals surface area (Å²) in [6.45, 7) is 1.03. The zero-order chi connectivity index (χ0) is 13.4. The number of aromatic nitrogens is 1. The molecule has 4 heteroatoms. The predicted molar refractivity (Wildman–Crippen MR) is 80.2 cm³/mol. The van der Waals surface area contributed by atoms with Crippen LogP contribution in [-0.4, -0.2) is 18.6 Å². The lowest BCUT2D eigenvalue weighted by Gasteiger charge is -2.21. The van der Waals surface area contributed by atoms with Gasteiger partial charge in [0.15, 0.2) is 0 Å². The summed E-state index contributed by atoms with van der Waals surface area (Å²) < 4.78 is 0. The molecule has 1 aliphatic carbocycles. The van der Waals surface area contributed by atoms with E-state index in [1.807, 2.05) is 12.1 Å². The number of aromatic amines is 1. The molecule has 19 heavy (non-hydrogen) atoms. The second-order valence-corrected chi connectivity index (χ2v) is 5.80. The van der Waals surface area contributed by atoms with Crippen LogP contribution in [0, 0.1) is 5.92 Å². The second kappa shape index (κ2) is 4.89. The summed E-state index contributed by atoms with van der Waals surface area (Å²) in [6, 6.07) is 7.20. The largest absolute Gasteiger partial charge is 0.374 e. The zero-order valence-electron chi connectivity index (χ0n) is 10.9. The maximum absolute atomic E-state index is 11.4. The number of fused-ring (bicyclic) bond motifs is 1. The molecular weight excluding hydrogens is 260 g/mol. The maximum atomic E-state index is 11.4. The molecule has 3 rings (SSSR count). The minimum Gasteiger partial charge on any atom is -0.374 e. The predicted octanol–water partition coefficient (Wildman–Crippen LogP) is 3.42. The number of hydrogen-bond acceptors (Lipinski definition) is 2. The van der Waals surface area contributed by atoms with Gasteiger partial charge in [-0.2, -0.15) is 0 Å². The summed E-state index contributed by atoms with van der Waals surface area (Å²) in [5.41, 5.74) is 1.79. The first-order valence-corrected chi connectivity index (χ1v) is 7.05. The molecule has 0 saturated heterocycles. The van der Waals surface area contributed by atoms with E-state index in [0.717, 1.165) is 29.1 Å². The quantitative estimate of drug-likeness (QED) is 0.929. The molecule has 0 amide bonds. The molecule has 0 radical (unpaired) electrons. The van der Waals surface area contributed by atoms with Gasteiger partial charge in [-0.25, -0.2) is 0 Å². The average Bonchev–Trinajstić information content (AvgIpc) is 3.18. The lowest BCUT2D eigenvalue weighted by Crippen LogP contribution is -2.19. The smallest absolute Gasteiger partial charge is 0.248 e. The molecule has 1 saturated carbocycles. The summed E-state index contributed by atoms with van der Waals surface area (Å²) in [5.74, 6) is 0.910. The summed E-state index contributed by atoms with van der Waals surface area (Å²) in [6.07, 6.45) is 3.97. The molecule has 1 fully saturated rings. The van der Waals surface area contributed by atoms with Crippen molar-refractivity contribution in [3.63, 3.8) is 0 Å². The third kappa shape index (κ3) is 2.76. The third-order valence-electron chi connectivity index (χ3n) is 3.76. The minimum absolute atomic E-state index is 0.0960. The lowest BCUT2D eigenvalue weighted by atomic mass is 10.1. The van der Waals surface area contributed by atoms with Crippen LogP contribution in [0.25, 0.3) is 10.9 Å². The Morgan fingerprint density at radius 3 is 2.89 bits per heavy atom. The van der Waals surface area contributed by atoms with E-state index in [0.29, 0.717) is 5.02 Å². The Kier molecular flexibility index (Phi) is 3.23. The number of nitrogens with zero attached hydrogens (tertiary/aromatic N) is 1. The van der Waals surface area contributed by atoms with Gasteiger partial charge in [0.2, 0.25) is 5.56 Å². The highest BCUT2D eigenvalue weighted by Gasteiger charge is 2.21. The standard InChI is InChI=1S/C15H17ClN2O/c1-18(7-6-10-2-3-10)14-9-11(16)8-13-12(14)4-5-15(19)17-13/h4-5,8-10H,2-3,6-7H2,1H3,(H,17,19). The van der Waals surface area contributed by atoms with Crippen molar-refractivity contribution in [1.29, 1.82) is 0 Å². The highest BCUT2D eigenvalue weighted by Crippen LogP contribution is 2.34. The Labute approximate surface area is 117 Å². The average molecular weight is 277 g/mol. The van der Waals surface area contributed by atoms with Crippen molar-refractivity contribution in [2.75, 3.05) is 18.5 Å². The van der Waals surface area contributed by atoms with Crippen LogP contribution in [-0.2, 0) is 0 Å². The first kappa shape index (κ1) is 12.5. The van der Waals surface area contributed by atoms with E-state index < -0.39 is 0 Å². The molecule has 1 N–H and O–H groups in total. The Bertz CT molecular complexity index is 661. The van der Waals surface area contributed by atoms with Gasteiger partial charge in [0, 0.05) is 35.8 Å². The Morgan fingerprint density at radius 2 is 2.16 bits per heavy atom. The van der Waals surface area contributed by atoms with Crippen LogP contribution in [0.4, 0.5) is 5.69 Å². The normalized spacial score (nSPS) is 14.8. The van der Waals surface area contributed by atoms with E-state index >= 15 is 0 Å².